The number of benzene rings is 1. The first-order chi connectivity index (χ1) is 9.01. The average molecular weight is 265 g/mol. The molecular formula is C14H19NO4. The molecule has 19 heavy (non-hydrogen) atoms. The van der Waals surface area contributed by atoms with Crippen molar-refractivity contribution in [2.45, 2.75) is 32.7 Å². The third kappa shape index (κ3) is 5.90. The number of carboxylic acid groups (broad SMARTS) is 1. The molecular weight excluding hydrogens is 246 g/mol. The van der Waals surface area contributed by atoms with Crippen LogP contribution in [0.4, 0.5) is 0 Å². The molecule has 2 N–H and O–H groups in total. The fraction of sp³-hybridized carbons (Fsp3) is 0.429. The average Bonchev–Trinajstić information content (AvgIpc) is 2.35. The summed E-state index contributed by atoms with van der Waals surface area (Å²) in [5.41, 5.74) is 1.05. The van der Waals surface area contributed by atoms with Gasteiger partial charge in [0.2, 0.25) is 0 Å². The van der Waals surface area contributed by atoms with Gasteiger partial charge in [0.15, 0.2) is 6.61 Å². The lowest BCUT2D eigenvalue weighted by Crippen LogP contribution is -2.38. The van der Waals surface area contributed by atoms with E-state index in [-0.39, 0.29) is 25.0 Å². The van der Waals surface area contributed by atoms with Crippen LogP contribution < -0.4 is 10.1 Å². The van der Waals surface area contributed by atoms with Gasteiger partial charge >= 0.3 is 5.97 Å². The molecule has 0 heterocycles. The van der Waals surface area contributed by atoms with Crippen LogP contribution in [0.25, 0.3) is 0 Å². The van der Waals surface area contributed by atoms with Gasteiger partial charge < -0.3 is 15.2 Å². The van der Waals surface area contributed by atoms with E-state index in [1.165, 1.54) is 0 Å². The van der Waals surface area contributed by atoms with Gasteiger partial charge in [-0.2, -0.15) is 0 Å². The van der Waals surface area contributed by atoms with E-state index in [0.29, 0.717) is 12.2 Å². The molecule has 1 aromatic rings. The number of carbonyl (C=O) groups is 2. The number of hydrogen-bond donors (Lipinski definition) is 2. The molecule has 1 aromatic carbocycles. The van der Waals surface area contributed by atoms with E-state index < -0.39 is 5.97 Å². The van der Waals surface area contributed by atoms with Crippen LogP contribution in [0.15, 0.2) is 24.3 Å². The second-order valence-corrected chi connectivity index (χ2v) is 4.38. The first kappa shape index (κ1) is 15.0. The molecule has 0 bridgehead atoms. The standard InChI is InChI=1S/C14H19NO4/c1-3-11(8-14(17)18)15-13(16)9-19-12-6-4-5-10(2)7-12/h4-7,11H,3,8-9H2,1-2H3,(H,15,16)(H,17,18). The first-order valence-electron chi connectivity index (χ1n) is 6.22. The third-order valence-corrected chi connectivity index (χ3v) is 2.64. The summed E-state index contributed by atoms with van der Waals surface area (Å²) in [6, 6.07) is 7.04. The highest BCUT2D eigenvalue weighted by Gasteiger charge is 2.14. The smallest absolute Gasteiger partial charge is 0.305 e. The van der Waals surface area contributed by atoms with Crippen molar-refractivity contribution in [1.29, 1.82) is 0 Å². The summed E-state index contributed by atoms with van der Waals surface area (Å²) in [7, 11) is 0. The largest absolute Gasteiger partial charge is 0.484 e. The maximum absolute atomic E-state index is 11.6. The van der Waals surface area contributed by atoms with Gasteiger partial charge in [-0.3, -0.25) is 9.59 Å². The minimum absolute atomic E-state index is 0.0767. The summed E-state index contributed by atoms with van der Waals surface area (Å²) in [6.07, 6.45) is 0.495. The quantitative estimate of drug-likeness (QED) is 0.787. The van der Waals surface area contributed by atoms with E-state index in [1.807, 2.05) is 32.0 Å². The summed E-state index contributed by atoms with van der Waals surface area (Å²) >= 11 is 0. The van der Waals surface area contributed by atoms with Crippen LogP contribution >= 0.6 is 0 Å². The molecule has 104 valence electrons. The molecule has 1 unspecified atom stereocenters. The highest BCUT2D eigenvalue weighted by Crippen LogP contribution is 2.11. The lowest BCUT2D eigenvalue weighted by atomic mass is 10.1. The Bertz CT molecular complexity index is 445. The Hall–Kier alpha value is -2.04. The number of ether oxygens (including phenoxy) is 1. The van der Waals surface area contributed by atoms with E-state index in [2.05, 4.69) is 5.32 Å². The Morgan fingerprint density at radius 1 is 1.42 bits per heavy atom. The Morgan fingerprint density at radius 2 is 2.16 bits per heavy atom. The van der Waals surface area contributed by atoms with Gasteiger partial charge in [0, 0.05) is 6.04 Å². The van der Waals surface area contributed by atoms with Crippen molar-refractivity contribution < 1.29 is 19.4 Å². The van der Waals surface area contributed by atoms with E-state index in [4.69, 9.17) is 9.84 Å². The summed E-state index contributed by atoms with van der Waals surface area (Å²) in [5.74, 6) is -0.609. The number of amides is 1. The van der Waals surface area contributed by atoms with Crippen LogP contribution in [-0.4, -0.2) is 29.6 Å². The summed E-state index contributed by atoms with van der Waals surface area (Å²) in [5, 5.41) is 11.3. The molecule has 0 aliphatic rings. The fourth-order valence-corrected chi connectivity index (χ4v) is 1.63. The Balaban J connectivity index is 2.40. The third-order valence-electron chi connectivity index (χ3n) is 2.64. The normalized spacial score (nSPS) is 11.7. The zero-order valence-electron chi connectivity index (χ0n) is 11.2. The molecule has 5 nitrogen and oxygen atoms in total. The Kier molecular flexibility index (Phi) is 5.85. The topological polar surface area (TPSA) is 75.6 Å². The Morgan fingerprint density at radius 3 is 2.74 bits per heavy atom. The lowest BCUT2D eigenvalue weighted by molar-refractivity contribution is -0.137. The van der Waals surface area contributed by atoms with Crippen LogP contribution in [-0.2, 0) is 9.59 Å². The molecule has 0 radical (unpaired) electrons. The minimum atomic E-state index is -0.924. The molecule has 0 saturated heterocycles. The van der Waals surface area contributed by atoms with E-state index in [9.17, 15) is 9.59 Å². The van der Waals surface area contributed by atoms with Crippen LogP contribution in [0.2, 0.25) is 0 Å². The van der Waals surface area contributed by atoms with E-state index in [1.54, 1.807) is 6.07 Å². The van der Waals surface area contributed by atoms with Crippen LogP contribution in [0.5, 0.6) is 5.75 Å². The summed E-state index contributed by atoms with van der Waals surface area (Å²) in [6.45, 7) is 3.65. The number of aryl methyl sites for hydroxylation is 1. The molecule has 1 rings (SSSR count). The maximum Gasteiger partial charge on any atom is 0.305 e. The Labute approximate surface area is 112 Å². The highest BCUT2D eigenvalue weighted by molar-refractivity contribution is 5.78. The van der Waals surface area contributed by atoms with E-state index >= 15 is 0 Å². The highest BCUT2D eigenvalue weighted by atomic mass is 16.5. The van der Waals surface area contributed by atoms with Crippen LogP contribution in [0.3, 0.4) is 0 Å². The van der Waals surface area contributed by atoms with Gasteiger partial charge in [-0.05, 0) is 31.0 Å². The van der Waals surface area contributed by atoms with Crippen LogP contribution in [0.1, 0.15) is 25.3 Å². The number of carboxylic acids is 1. The summed E-state index contributed by atoms with van der Waals surface area (Å²) in [4.78, 5) is 22.2. The van der Waals surface area contributed by atoms with Gasteiger partial charge in [-0.1, -0.05) is 19.1 Å². The molecule has 0 aliphatic heterocycles. The summed E-state index contributed by atoms with van der Waals surface area (Å²) < 4.78 is 5.34. The molecule has 0 spiro atoms. The van der Waals surface area contributed by atoms with Gasteiger partial charge in [-0.25, -0.2) is 0 Å². The number of aliphatic carboxylic acids is 1. The zero-order valence-corrected chi connectivity index (χ0v) is 11.2. The van der Waals surface area contributed by atoms with Gasteiger partial charge in [0.05, 0.1) is 6.42 Å². The first-order valence-corrected chi connectivity index (χ1v) is 6.22. The van der Waals surface area contributed by atoms with Gasteiger partial charge in [0.25, 0.3) is 5.91 Å². The van der Waals surface area contributed by atoms with Crippen molar-refractivity contribution in [3.05, 3.63) is 29.8 Å². The molecule has 1 amide bonds. The fourth-order valence-electron chi connectivity index (χ4n) is 1.63. The van der Waals surface area contributed by atoms with E-state index in [0.717, 1.165) is 5.56 Å². The molecule has 0 fully saturated rings. The zero-order chi connectivity index (χ0) is 14.3. The van der Waals surface area contributed by atoms with Crippen molar-refractivity contribution in [2.75, 3.05) is 6.61 Å². The van der Waals surface area contributed by atoms with Crippen LogP contribution in [0, 0.1) is 6.92 Å². The number of rotatable bonds is 7. The van der Waals surface area contributed by atoms with Crippen molar-refractivity contribution >= 4 is 11.9 Å². The number of nitrogens with one attached hydrogen (secondary N) is 1. The molecule has 0 aliphatic carbocycles. The SMILES string of the molecule is CCC(CC(=O)O)NC(=O)COc1cccc(C)c1. The van der Waals surface area contributed by atoms with Crippen molar-refractivity contribution in [2.24, 2.45) is 0 Å². The van der Waals surface area contributed by atoms with Crippen molar-refractivity contribution in [1.82, 2.24) is 5.32 Å². The maximum atomic E-state index is 11.6. The predicted molar refractivity (Wildman–Crippen MR) is 71.1 cm³/mol. The molecule has 0 saturated carbocycles. The number of carbonyl (C=O) groups excluding carboxylic acids is 1. The molecule has 0 aromatic heterocycles. The minimum Gasteiger partial charge on any atom is -0.484 e. The second-order valence-electron chi connectivity index (χ2n) is 4.38. The second kappa shape index (κ2) is 7.41. The lowest BCUT2D eigenvalue weighted by Gasteiger charge is -2.15. The monoisotopic (exact) mass is 265 g/mol. The van der Waals surface area contributed by atoms with Crippen molar-refractivity contribution in [3.63, 3.8) is 0 Å². The van der Waals surface area contributed by atoms with Crippen molar-refractivity contribution in [3.8, 4) is 5.75 Å². The predicted octanol–water partition coefficient (Wildman–Crippen LogP) is 1.74. The van der Waals surface area contributed by atoms with Gasteiger partial charge in [-0.15, -0.1) is 0 Å². The molecule has 1 atom stereocenters. The number of hydrogen-bond acceptors (Lipinski definition) is 3. The van der Waals surface area contributed by atoms with Gasteiger partial charge in [0.1, 0.15) is 5.75 Å². The molecule has 5 heteroatoms.